The lowest BCUT2D eigenvalue weighted by Gasteiger charge is -2.16. The van der Waals surface area contributed by atoms with Crippen molar-refractivity contribution in [2.24, 2.45) is 5.92 Å². The molecule has 94 valence electrons. The number of hydrogen-bond acceptors (Lipinski definition) is 3. The van der Waals surface area contributed by atoms with Crippen molar-refractivity contribution in [1.82, 2.24) is 5.32 Å². The van der Waals surface area contributed by atoms with Crippen LogP contribution in [-0.2, 0) is 0 Å². The van der Waals surface area contributed by atoms with Crippen LogP contribution in [0.4, 0.5) is 5.69 Å². The van der Waals surface area contributed by atoms with E-state index in [4.69, 9.17) is 11.0 Å². The van der Waals surface area contributed by atoms with E-state index in [9.17, 15) is 4.79 Å². The summed E-state index contributed by atoms with van der Waals surface area (Å²) in [5.41, 5.74) is 6.73. The van der Waals surface area contributed by atoms with E-state index in [0.29, 0.717) is 15.7 Å². The summed E-state index contributed by atoms with van der Waals surface area (Å²) in [6.07, 6.45) is 2.71. The second kappa shape index (κ2) is 5.40. The first-order valence-electron chi connectivity index (χ1n) is 5.87. The summed E-state index contributed by atoms with van der Waals surface area (Å²) in [5, 5.41) is 11.9. The fourth-order valence-corrected chi connectivity index (χ4v) is 2.68. The quantitative estimate of drug-likeness (QED) is 0.824. The average Bonchev–Trinajstić information content (AvgIpc) is 2.79. The molecule has 1 aromatic carbocycles. The largest absolute Gasteiger partial charge is 0.399 e. The Morgan fingerprint density at radius 3 is 3.00 bits per heavy atom. The average molecular weight is 308 g/mol. The van der Waals surface area contributed by atoms with Crippen molar-refractivity contribution in [2.45, 2.75) is 25.3 Å². The molecule has 1 aromatic rings. The van der Waals surface area contributed by atoms with Crippen LogP contribution in [0.3, 0.4) is 0 Å². The predicted molar refractivity (Wildman–Crippen MR) is 72.8 cm³/mol. The molecule has 0 spiro atoms. The highest BCUT2D eigenvalue weighted by molar-refractivity contribution is 9.10. The number of carbonyl (C=O) groups is 1. The van der Waals surface area contributed by atoms with E-state index in [-0.39, 0.29) is 17.9 Å². The van der Waals surface area contributed by atoms with Crippen molar-refractivity contribution in [3.05, 3.63) is 28.2 Å². The number of benzene rings is 1. The fourth-order valence-electron chi connectivity index (χ4n) is 2.25. The number of carbonyl (C=O) groups excluding carboxylic acids is 1. The van der Waals surface area contributed by atoms with Crippen molar-refractivity contribution < 1.29 is 4.79 Å². The van der Waals surface area contributed by atoms with E-state index in [0.717, 1.165) is 19.3 Å². The van der Waals surface area contributed by atoms with Crippen molar-refractivity contribution in [2.75, 3.05) is 5.73 Å². The zero-order chi connectivity index (χ0) is 13.1. The van der Waals surface area contributed by atoms with Crippen LogP contribution in [0.15, 0.2) is 22.7 Å². The van der Waals surface area contributed by atoms with Gasteiger partial charge in [-0.15, -0.1) is 0 Å². The van der Waals surface area contributed by atoms with Gasteiger partial charge in [0.05, 0.1) is 17.6 Å². The fraction of sp³-hybridized carbons (Fsp3) is 0.385. The number of nitrogen functional groups attached to an aromatic ring is 1. The van der Waals surface area contributed by atoms with Gasteiger partial charge in [-0.05, 0) is 53.4 Å². The minimum atomic E-state index is -0.179. The van der Waals surface area contributed by atoms with Gasteiger partial charge in [0.2, 0.25) is 0 Å². The summed E-state index contributed by atoms with van der Waals surface area (Å²) in [4.78, 5) is 12.1. The van der Waals surface area contributed by atoms with Crippen LogP contribution >= 0.6 is 15.9 Å². The maximum absolute atomic E-state index is 12.1. The van der Waals surface area contributed by atoms with Crippen LogP contribution < -0.4 is 11.1 Å². The van der Waals surface area contributed by atoms with Gasteiger partial charge in [0.25, 0.3) is 5.91 Å². The maximum Gasteiger partial charge on any atom is 0.252 e. The molecule has 2 atom stereocenters. The van der Waals surface area contributed by atoms with Gasteiger partial charge in [-0.1, -0.05) is 0 Å². The molecular weight excluding hydrogens is 294 g/mol. The zero-order valence-electron chi connectivity index (χ0n) is 9.82. The highest BCUT2D eigenvalue weighted by atomic mass is 79.9. The van der Waals surface area contributed by atoms with E-state index >= 15 is 0 Å². The Morgan fingerprint density at radius 2 is 2.28 bits per heavy atom. The molecule has 0 aliphatic heterocycles. The molecule has 1 aliphatic carbocycles. The van der Waals surface area contributed by atoms with Crippen molar-refractivity contribution in [3.63, 3.8) is 0 Å². The summed E-state index contributed by atoms with van der Waals surface area (Å²) in [7, 11) is 0. The molecule has 1 aliphatic rings. The number of nitriles is 1. The summed E-state index contributed by atoms with van der Waals surface area (Å²) < 4.78 is 0.709. The van der Waals surface area contributed by atoms with Crippen LogP contribution in [0, 0.1) is 17.2 Å². The Hall–Kier alpha value is -1.54. The first-order chi connectivity index (χ1) is 8.61. The highest BCUT2D eigenvalue weighted by Gasteiger charge is 2.29. The molecule has 4 nitrogen and oxygen atoms in total. The van der Waals surface area contributed by atoms with Crippen LogP contribution in [-0.4, -0.2) is 11.9 Å². The van der Waals surface area contributed by atoms with Crippen molar-refractivity contribution >= 4 is 27.5 Å². The van der Waals surface area contributed by atoms with E-state index in [1.54, 1.807) is 18.2 Å². The van der Waals surface area contributed by atoms with Crippen molar-refractivity contribution in [3.8, 4) is 6.07 Å². The number of nitrogens with two attached hydrogens (primary N) is 1. The monoisotopic (exact) mass is 307 g/mol. The number of nitrogens with one attached hydrogen (secondary N) is 1. The van der Waals surface area contributed by atoms with Gasteiger partial charge in [-0.3, -0.25) is 4.79 Å². The first kappa shape index (κ1) is 12.9. The van der Waals surface area contributed by atoms with Gasteiger partial charge < -0.3 is 11.1 Å². The lowest BCUT2D eigenvalue weighted by Crippen LogP contribution is -2.37. The topological polar surface area (TPSA) is 78.9 Å². The molecule has 0 saturated heterocycles. The number of nitrogens with zero attached hydrogens (tertiary/aromatic N) is 1. The van der Waals surface area contributed by atoms with E-state index < -0.39 is 0 Å². The van der Waals surface area contributed by atoms with E-state index in [2.05, 4.69) is 27.3 Å². The molecule has 0 radical (unpaired) electrons. The molecule has 2 unspecified atom stereocenters. The Balaban J connectivity index is 2.13. The molecule has 0 aromatic heterocycles. The molecular formula is C13H14BrN3O. The first-order valence-corrected chi connectivity index (χ1v) is 6.66. The molecule has 1 fully saturated rings. The minimum absolute atomic E-state index is 0.0455. The second-order valence-corrected chi connectivity index (χ2v) is 5.34. The van der Waals surface area contributed by atoms with Crippen LogP contribution in [0.5, 0.6) is 0 Å². The van der Waals surface area contributed by atoms with Crippen molar-refractivity contribution in [1.29, 1.82) is 5.26 Å². The number of anilines is 1. The Morgan fingerprint density at radius 1 is 1.50 bits per heavy atom. The van der Waals surface area contributed by atoms with Gasteiger partial charge in [0.1, 0.15) is 0 Å². The Bertz CT molecular complexity index is 509. The van der Waals surface area contributed by atoms with Gasteiger partial charge in [0, 0.05) is 16.2 Å². The molecule has 1 saturated carbocycles. The lowest BCUT2D eigenvalue weighted by atomic mass is 10.1. The third-order valence-electron chi connectivity index (χ3n) is 3.23. The summed E-state index contributed by atoms with van der Waals surface area (Å²) >= 11 is 3.33. The summed E-state index contributed by atoms with van der Waals surface area (Å²) in [5.74, 6) is -0.255. The Labute approximate surface area is 114 Å². The van der Waals surface area contributed by atoms with Gasteiger partial charge in [0.15, 0.2) is 0 Å². The number of amides is 1. The molecule has 5 heteroatoms. The summed E-state index contributed by atoms with van der Waals surface area (Å²) in [6.45, 7) is 0. The van der Waals surface area contributed by atoms with Gasteiger partial charge >= 0.3 is 0 Å². The lowest BCUT2D eigenvalue weighted by molar-refractivity contribution is 0.0932. The second-order valence-electron chi connectivity index (χ2n) is 4.49. The normalized spacial score (nSPS) is 22.4. The SMILES string of the molecule is N#CC1CCCC1NC(=O)c1cc(N)ccc1Br. The molecule has 0 heterocycles. The number of halogens is 1. The van der Waals surface area contributed by atoms with Crippen LogP contribution in [0.2, 0.25) is 0 Å². The zero-order valence-corrected chi connectivity index (χ0v) is 11.4. The highest BCUT2D eigenvalue weighted by Crippen LogP contribution is 2.26. The smallest absolute Gasteiger partial charge is 0.252 e. The van der Waals surface area contributed by atoms with E-state index in [1.807, 2.05) is 0 Å². The van der Waals surface area contributed by atoms with E-state index in [1.165, 1.54) is 0 Å². The third-order valence-corrected chi connectivity index (χ3v) is 3.92. The standard InChI is InChI=1S/C13H14BrN3O/c14-11-5-4-9(16)6-10(11)13(18)17-12-3-1-2-8(12)7-15/h4-6,8,12H,1-3,16H2,(H,17,18). The number of rotatable bonds is 2. The summed E-state index contributed by atoms with van der Waals surface area (Å²) in [6, 6.07) is 7.32. The third kappa shape index (κ3) is 2.65. The van der Waals surface area contributed by atoms with Crippen LogP contribution in [0.1, 0.15) is 29.6 Å². The van der Waals surface area contributed by atoms with Gasteiger partial charge in [-0.2, -0.15) is 5.26 Å². The molecule has 1 amide bonds. The van der Waals surface area contributed by atoms with Gasteiger partial charge in [-0.25, -0.2) is 0 Å². The number of hydrogen-bond donors (Lipinski definition) is 2. The molecule has 0 bridgehead atoms. The maximum atomic E-state index is 12.1. The molecule has 18 heavy (non-hydrogen) atoms. The Kier molecular flexibility index (Phi) is 3.87. The molecule has 2 rings (SSSR count). The minimum Gasteiger partial charge on any atom is -0.399 e. The molecule has 3 N–H and O–H groups in total. The van der Waals surface area contributed by atoms with Crippen LogP contribution in [0.25, 0.3) is 0 Å². The predicted octanol–water partition coefficient (Wildman–Crippen LogP) is 2.45.